The van der Waals surface area contributed by atoms with Crippen LogP contribution in [0.4, 0.5) is 8.78 Å². The first-order valence-electron chi connectivity index (χ1n) is 10.2. The molecule has 5 rings (SSSR count). The Morgan fingerprint density at radius 3 is 2.62 bits per heavy atom. The molecule has 2 aromatic carbocycles. The lowest BCUT2D eigenvalue weighted by Crippen LogP contribution is -2.41. The molecule has 0 bridgehead atoms. The quantitative estimate of drug-likeness (QED) is 0.586. The second-order valence-corrected chi connectivity index (χ2v) is 8.17. The summed E-state index contributed by atoms with van der Waals surface area (Å²) in [4.78, 5) is 13.1. The van der Waals surface area contributed by atoms with E-state index in [9.17, 15) is 8.78 Å². The van der Waals surface area contributed by atoms with Gasteiger partial charge in [0.05, 0.1) is 22.3 Å². The van der Waals surface area contributed by atoms with E-state index in [4.69, 9.17) is 14.7 Å². The monoisotopic (exact) mass is 395 g/mol. The van der Waals surface area contributed by atoms with Gasteiger partial charge in [-0.15, -0.1) is 0 Å². The lowest BCUT2D eigenvalue weighted by Gasteiger charge is -2.41. The first-order valence-corrected chi connectivity index (χ1v) is 10.2. The third-order valence-corrected chi connectivity index (χ3v) is 6.12. The summed E-state index contributed by atoms with van der Waals surface area (Å²) in [7, 11) is 0. The maximum atomic E-state index is 12.8. The van der Waals surface area contributed by atoms with Crippen molar-refractivity contribution in [2.24, 2.45) is 4.99 Å². The molecule has 1 aromatic heterocycles. The standard InChI is InChI=1S/C23H23F2N3O/c1-14-11-15(16-7-3-4-8-19(16)29-22(24)25)12-17-20(14)27-21(26-17)18-13-23(28-18)9-5-2-6-10-23/h3-4,7-8,11-12,22H,2,5-6,9-10,13H2,1H3,(H,26,27). The Kier molecular flexibility index (Phi) is 4.37. The maximum absolute atomic E-state index is 12.8. The fourth-order valence-corrected chi connectivity index (χ4v) is 4.71. The summed E-state index contributed by atoms with van der Waals surface area (Å²) in [5.41, 5.74) is 5.41. The van der Waals surface area contributed by atoms with E-state index in [-0.39, 0.29) is 11.3 Å². The van der Waals surface area contributed by atoms with Crippen molar-refractivity contribution < 1.29 is 13.5 Å². The van der Waals surface area contributed by atoms with E-state index in [1.54, 1.807) is 18.2 Å². The number of aliphatic imine (C=N–C) groups is 1. The van der Waals surface area contributed by atoms with Crippen molar-refractivity contribution in [3.63, 3.8) is 0 Å². The number of nitrogens with zero attached hydrogens (tertiary/aromatic N) is 2. The number of hydrogen-bond acceptors (Lipinski definition) is 3. The minimum Gasteiger partial charge on any atom is -0.434 e. The zero-order valence-electron chi connectivity index (χ0n) is 16.3. The van der Waals surface area contributed by atoms with Crippen LogP contribution in [0, 0.1) is 6.92 Å². The normalized spacial score (nSPS) is 18.1. The topological polar surface area (TPSA) is 50.3 Å². The maximum Gasteiger partial charge on any atom is 0.387 e. The minimum absolute atomic E-state index is 0.151. The largest absolute Gasteiger partial charge is 0.434 e. The zero-order valence-corrected chi connectivity index (χ0v) is 16.3. The SMILES string of the molecule is Cc1cc(-c2ccccc2OC(F)F)cc2[nH]c(C3=NC4(CCCCC4)C3)nc12. The van der Waals surface area contributed by atoms with Crippen molar-refractivity contribution in [3.05, 3.63) is 47.8 Å². The van der Waals surface area contributed by atoms with Crippen LogP contribution in [0.2, 0.25) is 0 Å². The molecule has 0 amide bonds. The molecule has 6 heteroatoms. The molecular weight excluding hydrogens is 372 g/mol. The summed E-state index contributed by atoms with van der Waals surface area (Å²) in [6.07, 6.45) is 7.19. The first kappa shape index (κ1) is 18.3. The summed E-state index contributed by atoms with van der Waals surface area (Å²) in [5.74, 6) is 0.997. The van der Waals surface area contributed by atoms with Crippen LogP contribution in [0.5, 0.6) is 5.75 Å². The fourth-order valence-electron chi connectivity index (χ4n) is 4.71. The predicted molar refractivity (Wildman–Crippen MR) is 110 cm³/mol. The highest BCUT2D eigenvalue weighted by Crippen LogP contribution is 2.42. The van der Waals surface area contributed by atoms with Crippen LogP contribution in [0.25, 0.3) is 22.2 Å². The highest BCUT2D eigenvalue weighted by molar-refractivity contribution is 6.04. The Labute approximate surface area is 168 Å². The number of fused-ring (bicyclic) bond motifs is 1. The van der Waals surface area contributed by atoms with Crippen molar-refractivity contribution in [1.29, 1.82) is 0 Å². The second kappa shape index (κ2) is 6.94. The van der Waals surface area contributed by atoms with Gasteiger partial charge in [0.15, 0.2) is 5.82 Å². The number of aromatic amines is 1. The molecule has 2 heterocycles. The number of ether oxygens (including phenoxy) is 1. The third-order valence-electron chi connectivity index (χ3n) is 6.12. The molecule has 4 nitrogen and oxygen atoms in total. The molecule has 2 aliphatic rings. The lowest BCUT2D eigenvalue weighted by atomic mass is 9.74. The van der Waals surface area contributed by atoms with Crippen LogP contribution in [-0.4, -0.2) is 27.8 Å². The van der Waals surface area contributed by atoms with E-state index in [0.717, 1.165) is 40.1 Å². The van der Waals surface area contributed by atoms with E-state index < -0.39 is 6.61 Å². The minimum atomic E-state index is -2.86. The van der Waals surface area contributed by atoms with Crippen LogP contribution < -0.4 is 4.74 Å². The summed E-state index contributed by atoms with van der Waals surface area (Å²) < 4.78 is 30.3. The average molecular weight is 395 g/mol. The third kappa shape index (κ3) is 3.30. The molecule has 1 spiro atoms. The van der Waals surface area contributed by atoms with Gasteiger partial charge in [-0.2, -0.15) is 8.78 Å². The molecule has 0 unspecified atom stereocenters. The molecule has 1 saturated carbocycles. The van der Waals surface area contributed by atoms with E-state index in [0.29, 0.717) is 5.56 Å². The first-order chi connectivity index (χ1) is 14.0. The number of aryl methyl sites for hydroxylation is 1. The molecule has 150 valence electrons. The fraction of sp³-hybridized carbons (Fsp3) is 0.391. The second-order valence-electron chi connectivity index (χ2n) is 8.17. The van der Waals surface area contributed by atoms with E-state index >= 15 is 0 Å². The van der Waals surface area contributed by atoms with Crippen molar-refractivity contribution in [3.8, 4) is 16.9 Å². The lowest BCUT2D eigenvalue weighted by molar-refractivity contribution is -0.0494. The Hall–Kier alpha value is -2.76. The number of imidazole rings is 1. The van der Waals surface area contributed by atoms with Gasteiger partial charge in [0.25, 0.3) is 0 Å². The van der Waals surface area contributed by atoms with E-state index in [2.05, 4.69) is 4.98 Å². The number of nitrogens with one attached hydrogen (secondary N) is 1. The molecule has 1 aliphatic carbocycles. The Morgan fingerprint density at radius 1 is 1.10 bits per heavy atom. The molecule has 1 N–H and O–H groups in total. The van der Waals surface area contributed by atoms with E-state index in [1.165, 1.54) is 32.1 Å². The Morgan fingerprint density at radius 2 is 1.86 bits per heavy atom. The molecule has 3 aromatic rings. The summed E-state index contributed by atoms with van der Waals surface area (Å²) in [6.45, 7) is -0.874. The van der Waals surface area contributed by atoms with Crippen molar-refractivity contribution >= 4 is 16.7 Å². The number of rotatable bonds is 4. The van der Waals surface area contributed by atoms with Crippen molar-refractivity contribution in [2.75, 3.05) is 0 Å². The van der Waals surface area contributed by atoms with Crippen molar-refractivity contribution in [1.82, 2.24) is 9.97 Å². The van der Waals surface area contributed by atoms with Crippen LogP contribution >= 0.6 is 0 Å². The summed E-state index contributed by atoms with van der Waals surface area (Å²) in [5, 5.41) is 0. The van der Waals surface area contributed by atoms with Gasteiger partial charge in [-0.05, 0) is 49.1 Å². The van der Waals surface area contributed by atoms with Gasteiger partial charge >= 0.3 is 6.61 Å². The van der Waals surface area contributed by atoms with Gasteiger partial charge in [-0.1, -0.05) is 37.5 Å². The molecule has 0 radical (unpaired) electrons. The van der Waals surface area contributed by atoms with Gasteiger partial charge in [-0.25, -0.2) is 4.98 Å². The van der Waals surface area contributed by atoms with Crippen LogP contribution in [0.3, 0.4) is 0 Å². The van der Waals surface area contributed by atoms with E-state index in [1.807, 2.05) is 25.1 Å². The van der Waals surface area contributed by atoms with Crippen LogP contribution in [0.15, 0.2) is 41.4 Å². The molecular formula is C23H23F2N3O. The number of benzene rings is 2. The van der Waals surface area contributed by atoms with Crippen molar-refractivity contribution in [2.45, 2.75) is 57.6 Å². The summed E-state index contributed by atoms with van der Waals surface area (Å²) >= 11 is 0. The van der Waals surface area contributed by atoms with Gasteiger partial charge in [0.2, 0.25) is 0 Å². The van der Waals surface area contributed by atoms with Gasteiger partial charge < -0.3 is 9.72 Å². The molecule has 1 fully saturated rings. The zero-order chi connectivity index (χ0) is 20.0. The molecule has 0 saturated heterocycles. The number of halogens is 2. The smallest absolute Gasteiger partial charge is 0.387 e. The number of para-hydroxylation sites is 1. The predicted octanol–water partition coefficient (Wildman–Crippen LogP) is 6.04. The highest BCUT2D eigenvalue weighted by atomic mass is 19.3. The molecule has 1 aliphatic heterocycles. The summed E-state index contributed by atoms with van der Waals surface area (Å²) in [6, 6.07) is 10.8. The Bertz CT molecular complexity index is 1100. The number of hydrogen-bond donors (Lipinski definition) is 1. The number of H-pyrrole nitrogens is 1. The van der Waals surface area contributed by atoms with Crippen LogP contribution in [0.1, 0.15) is 49.9 Å². The highest BCUT2D eigenvalue weighted by Gasteiger charge is 2.41. The van der Waals surface area contributed by atoms with Gasteiger partial charge in [-0.3, -0.25) is 4.99 Å². The number of alkyl halides is 2. The average Bonchev–Trinajstić information content (AvgIpc) is 3.11. The number of aromatic nitrogens is 2. The van der Waals surface area contributed by atoms with Gasteiger partial charge in [0.1, 0.15) is 5.75 Å². The molecule has 29 heavy (non-hydrogen) atoms. The Balaban J connectivity index is 1.51. The van der Waals surface area contributed by atoms with Gasteiger partial charge in [0, 0.05) is 12.0 Å². The van der Waals surface area contributed by atoms with Crippen LogP contribution in [-0.2, 0) is 0 Å². The molecule has 0 atom stereocenters.